The molecule has 1 N–H and O–H groups in total. The molecule has 0 heterocycles. The molecule has 0 aliphatic heterocycles. The van der Waals surface area contributed by atoms with Crippen molar-refractivity contribution >= 4 is 23.5 Å². The molecule has 0 unspecified atom stereocenters. The second kappa shape index (κ2) is 7.87. The van der Waals surface area contributed by atoms with E-state index >= 15 is 0 Å². The first kappa shape index (κ1) is 17.1. The van der Waals surface area contributed by atoms with Crippen LogP contribution in [0.3, 0.4) is 0 Å². The maximum Gasteiger partial charge on any atom is 0.321 e. The summed E-state index contributed by atoms with van der Waals surface area (Å²) in [7, 11) is 3.28. The van der Waals surface area contributed by atoms with Crippen molar-refractivity contribution in [2.75, 3.05) is 25.7 Å². The average molecular weight is 334 g/mol. The summed E-state index contributed by atoms with van der Waals surface area (Å²) >= 11 is 1.60. The van der Waals surface area contributed by atoms with Crippen LogP contribution in [0.15, 0.2) is 47.4 Å². The van der Waals surface area contributed by atoms with E-state index in [2.05, 4.69) is 5.32 Å². The minimum atomic E-state index is -0.458. The Morgan fingerprint density at radius 2 is 2.04 bits per heavy atom. The summed E-state index contributed by atoms with van der Waals surface area (Å²) in [5.41, 5.74) is 1.10. The fourth-order valence-corrected chi connectivity index (χ4v) is 2.65. The Bertz CT molecular complexity index is 694. The normalized spacial score (nSPS) is 10.3. The van der Waals surface area contributed by atoms with E-state index in [0.717, 1.165) is 16.2 Å². The molecule has 0 aliphatic rings. The van der Waals surface area contributed by atoms with Crippen LogP contribution in [0.4, 0.5) is 14.9 Å². The minimum Gasteiger partial charge on any atom is -0.496 e. The van der Waals surface area contributed by atoms with Crippen LogP contribution in [0.5, 0.6) is 5.75 Å². The van der Waals surface area contributed by atoms with Gasteiger partial charge in [-0.1, -0.05) is 18.2 Å². The van der Waals surface area contributed by atoms with E-state index in [1.165, 1.54) is 17.0 Å². The van der Waals surface area contributed by atoms with Crippen LogP contribution in [0.2, 0.25) is 0 Å². The molecule has 2 amide bonds. The van der Waals surface area contributed by atoms with Crippen molar-refractivity contribution in [2.24, 2.45) is 0 Å². The summed E-state index contributed by atoms with van der Waals surface area (Å²) in [4.78, 5) is 14.7. The maximum atomic E-state index is 13.6. The Hall–Kier alpha value is -2.21. The van der Waals surface area contributed by atoms with Gasteiger partial charge in [-0.15, -0.1) is 11.8 Å². The van der Waals surface area contributed by atoms with Gasteiger partial charge in [0.1, 0.15) is 11.6 Å². The highest BCUT2D eigenvalue weighted by molar-refractivity contribution is 7.98. The van der Waals surface area contributed by atoms with Crippen LogP contribution in [-0.2, 0) is 6.54 Å². The molecule has 4 nitrogen and oxygen atoms in total. The number of nitrogens with one attached hydrogen (secondary N) is 1. The summed E-state index contributed by atoms with van der Waals surface area (Å²) < 4.78 is 18.9. The standard InChI is InChI=1S/C17H19FN2O2S/c1-20(17(21)19-14-7-5-4-6-13(14)18)11-12-8-9-16(23-3)15(10-12)22-2/h4-10H,11H2,1-3H3,(H,19,21). The van der Waals surface area contributed by atoms with Crippen LogP contribution in [0.25, 0.3) is 0 Å². The summed E-state index contributed by atoms with van der Waals surface area (Å²) in [5, 5.41) is 2.56. The molecule has 0 aromatic heterocycles. The van der Waals surface area contributed by atoms with Gasteiger partial charge >= 0.3 is 6.03 Å². The van der Waals surface area contributed by atoms with Crippen molar-refractivity contribution in [2.45, 2.75) is 11.4 Å². The fourth-order valence-electron chi connectivity index (χ4n) is 2.10. The number of urea groups is 1. The van der Waals surface area contributed by atoms with Gasteiger partial charge in [-0.3, -0.25) is 0 Å². The highest BCUT2D eigenvalue weighted by Gasteiger charge is 2.12. The molecule has 122 valence electrons. The zero-order valence-electron chi connectivity index (χ0n) is 13.3. The van der Waals surface area contributed by atoms with E-state index < -0.39 is 5.82 Å². The van der Waals surface area contributed by atoms with E-state index in [1.54, 1.807) is 38.1 Å². The number of hydrogen-bond donors (Lipinski definition) is 1. The van der Waals surface area contributed by atoms with Crippen molar-refractivity contribution < 1.29 is 13.9 Å². The lowest BCUT2D eigenvalue weighted by Crippen LogP contribution is -2.31. The zero-order valence-corrected chi connectivity index (χ0v) is 14.1. The van der Waals surface area contributed by atoms with E-state index in [1.807, 2.05) is 24.5 Å². The first-order valence-electron chi connectivity index (χ1n) is 7.02. The van der Waals surface area contributed by atoms with Crippen LogP contribution < -0.4 is 10.1 Å². The molecular weight excluding hydrogens is 315 g/mol. The number of ether oxygens (including phenoxy) is 1. The predicted molar refractivity (Wildman–Crippen MR) is 91.7 cm³/mol. The molecule has 6 heteroatoms. The summed E-state index contributed by atoms with van der Waals surface area (Å²) in [6, 6.07) is 11.5. The molecule has 2 rings (SSSR count). The van der Waals surface area contributed by atoms with Gasteiger partial charge in [0, 0.05) is 18.5 Å². The third-order valence-electron chi connectivity index (χ3n) is 3.33. The van der Waals surface area contributed by atoms with Crippen molar-refractivity contribution in [3.8, 4) is 5.75 Å². The number of rotatable bonds is 5. The molecule has 0 bridgehead atoms. The van der Waals surface area contributed by atoms with Gasteiger partial charge in [0.2, 0.25) is 0 Å². The summed E-state index contributed by atoms with van der Waals surface area (Å²) in [6.07, 6.45) is 1.98. The molecule has 0 saturated heterocycles. The SMILES string of the molecule is COc1cc(CN(C)C(=O)Nc2ccccc2F)ccc1SC. The largest absolute Gasteiger partial charge is 0.496 e. The zero-order chi connectivity index (χ0) is 16.8. The van der Waals surface area contributed by atoms with Crippen LogP contribution in [0.1, 0.15) is 5.56 Å². The molecule has 2 aromatic carbocycles. The number of hydrogen-bond acceptors (Lipinski definition) is 3. The Balaban J connectivity index is 2.05. The number of thioether (sulfide) groups is 1. The van der Waals surface area contributed by atoms with Gasteiger partial charge in [0.15, 0.2) is 0 Å². The first-order chi connectivity index (χ1) is 11.0. The molecular formula is C17H19FN2O2S. The molecule has 2 aromatic rings. The van der Waals surface area contributed by atoms with Gasteiger partial charge in [-0.2, -0.15) is 0 Å². The lowest BCUT2D eigenvalue weighted by atomic mass is 10.2. The number of benzene rings is 2. The Kier molecular flexibility index (Phi) is 5.87. The number of para-hydroxylation sites is 1. The number of carbonyl (C=O) groups excluding carboxylic acids is 1. The summed E-state index contributed by atoms with van der Waals surface area (Å²) in [5.74, 6) is 0.318. The van der Waals surface area contributed by atoms with Crippen LogP contribution in [0, 0.1) is 5.82 Å². The second-order valence-electron chi connectivity index (χ2n) is 4.96. The first-order valence-corrected chi connectivity index (χ1v) is 8.25. The second-order valence-corrected chi connectivity index (χ2v) is 5.80. The molecule has 0 radical (unpaired) electrons. The van der Waals surface area contributed by atoms with E-state index in [4.69, 9.17) is 4.74 Å². The van der Waals surface area contributed by atoms with Crippen molar-refractivity contribution in [1.29, 1.82) is 0 Å². The highest BCUT2D eigenvalue weighted by atomic mass is 32.2. The average Bonchev–Trinajstić information content (AvgIpc) is 2.56. The van der Waals surface area contributed by atoms with Crippen LogP contribution in [-0.4, -0.2) is 31.3 Å². The Morgan fingerprint density at radius 3 is 2.70 bits per heavy atom. The van der Waals surface area contributed by atoms with Gasteiger partial charge in [0.05, 0.1) is 12.8 Å². The molecule has 0 saturated carbocycles. The Morgan fingerprint density at radius 1 is 1.30 bits per heavy atom. The minimum absolute atomic E-state index is 0.166. The molecule has 0 spiro atoms. The number of methoxy groups -OCH3 is 1. The van der Waals surface area contributed by atoms with Gasteiger partial charge in [0.25, 0.3) is 0 Å². The van der Waals surface area contributed by atoms with Crippen molar-refractivity contribution in [1.82, 2.24) is 4.90 Å². The topological polar surface area (TPSA) is 41.6 Å². The monoisotopic (exact) mass is 334 g/mol. The van der Waals surface area contributed by atoms with Crippen molar-refractivity contribution in [3.05, 3.63) is 53.8 Å². The van der Waals surface area contributed by atoms with E-state index in [0.29, 0.717) is 6.54 Å². The smallest absolute Gasteiger partial charge is 0.321 e. The third-order valence-corrected chi connectivity index (χ3v) is 4.11. The number of nitrogens with zero attached hydrogens (tertiary/aromatic N) is 1. The van der Waals surface area contributed by atoms with Gasteiger partial charge in [-0.05, 0) is 36.1 Å². The fraction of sp³-hybridized carbons (Fsp3) is 0.235. The van der Waals surface area contributed by atoms with Gasteiger partial charge in [-0.25, -0.2) is 9.18 Å². The molecule has 23 heavy (non-hydrogen) atoms. The van der Waals surface area contributed by atoms with Crippen molar-refractivity contribution in [3.63, 3.8) is 0 Å². The quantitative estimate of drug-likeness (QED) is 0.833. The lowest BCUT2D eigenvalue weighted by molar-refractivity contribution is 0.220. The number of amides is 2. The Labute approximate surface area is 139 Å². The molecule has 0 atom stereocenters. The maximum absolute atomic E-state index is 13.6. The predicted octanol–water partition coefficient (Wildman–Crippen LogP) is 4.22. The van der Waals surface area contributed by atoms with E-state index in [-0.39, 0.29) is 11.7 Å². The van der Waals surface area contributed by atoms with Gasteiger partial charge < -0.3 is 15.0 Å². The number of carbonyl (C=O) groups is 1. The lowest BCUT2D eigenvalue weighted by Gasteiger charge is -2.19. The molecule has 0 aliphatic carbocycles. The van der Waals surface area contributed by atoms with Crippen LogP contribution >= 0.6 is 11.8 Å². The highest BCUT2D eigenvalue weighted by Crippen LogP contribution is 2.28. The van der Waals surface area contributed by atoms with E-state index in [9.17, 15) is 9.18 Å². The summed E-state index contributed by atoms with van der Waals surface area (Å²) in [6.45, 7) is 0.394. The third kappa shape index (κ3) is 4.39. The molecule has 0 fully saturated rings. The number of halogens is 1. The number of anilines is 1.